The summed E-state index contributed by atoms with van der Waals surface area (Å²) in [5.41, 5.74) is -1.93. The molecule has 0 saturated heterocycles. The molecule has 0 aromatic carbocycles. The maximum absolute atomic E-state index is 12.4. The van der Waals surface area contributed by atoms with Gasteiger partial charge in [-0.2, -0.15) is 0 Å². The number of carbonyl (C=O) groups excluding carboxylic acids is 1. The molecule has 0 fully saturated rings. The molecule has 4 nitrogen and oxygen atoms in total. The molecule has 4 heteroatoms. The summed E-state index contributed by atoms with van der Waals surface area (Å²) in [5.74, 6) is -0.149. The molecule has 2 N–H and O–H groups in total. The van der Waals surface area contributed by atoms with Gasteiger partial charge in [0, 0.05) is 6.42 Å². The van der Waals surface area contributed by atoms with Crippen LogP contribution in [0.3, 0.4) is 0 Å². The second-order valence-corrected chi connectivity index (χ2v) is 8.97. The topological polar surface area (TPSA) is 66.8 Å². The first-order chi connectivity index (χ1) is 9.58. The molecule has 2 atom stereocenters. The molecule has 0 aliphatic rings. The summed E-state index contributed by atoms with van der Waals surface area (Å²) in [4.78, 5) is 12.4. The van der Waals surface area contributed by atoms with Gasteiger partial charge in [0.15, 0.2) is 0 Å². The van der Waals surface area contributed by atoms with Gasteiger partial charge in [0.1, 0.15) is 6.10 Å². The Hall–Kier alpha value is -0.610. The van der Waals surface area contributed by atoms with Gasteiger partial charge in [-0.25, -0.2) is 0 Å². The summed E-state index contributed by atoms with van der Waals surface area (Å²) in [7, 11) is 0. The lowest BCUT2D eigenvalue weighted by Crippen LogP contribution is -2.41. The van der Waals surface area contributed by atoms with Crippen molar-refractivity contribution >= 4 is 5.97 Å². The first-order valence-electron chi connectivity index (χ1n) is 8.20. The molecule has 132 valence electrons. The highest BCUT2D eigenvalue weighted by Crippen LogP contribution is 2.39. The van der Waals surface area contributed by atoms with Gasteiger partial charge in [-0.1, -0.05) is 27.7 Å². The van der Waals surface area contributed by atoms with Crippen molar-refractivity contribution in [3.8, 4) is 0 Å². The highest BCUT2D eigenvalue weighted by molar-refractivity contribution is 5.76. The van der Waals surface area contributed by atoms with Crippen LogP contribution in [0.25, 0.3) is 0 Å². The number of rotatable bonds is 8. The highest BCUT2D eigenvalue weighted by Gasteiger charge is 2.41. The van der Waals surface area contributed by atoms with E-state index in [1.54, 1.807) is 20.8 Å². The van der Waals surface area contributed by atoms with Gasteiger partial charge in [0.2, 0.25) is 0 Å². The SMILES string of the molecule is CC(CC(C)(C)O)OC(=O)C(C)(C)CC(C)(C)C(O)C(C)C. The molecule has 0 amide bonds. The minimum atomic E-state index is -0.864. The predicted molar refractivity (Wildman–Crippen MR) is 89.5 cm³/mol. The van der Waals surface area contributed by atoms with E-state index < -0.39 is 17.1 Å². The van der Waals surface area contributed by atoms with E-state index in [2.05, 4.69) is 0 Å². The van der Waals surface area contributed by atoms with Crippen LogP contribution in [0.2, 0.25) is 0 Å². The van der Waals surface area contributed by atoms with Gasteiger partial charge in [-0.3, -0.25) is 4.79 Å². The van der Waals surface area contributed by atoms with Crippen LogP contribution in [0.4, 0.5) is 0 Å². The Morgan fingerprint density at radius 1 is 1.05 bits per heavy atom. The molecule has 0 rings (SSSR count). The fourth-order valence-corrected chi connectivity index (χ4v) is 3.31. The maximum atomic E-state index is 12.4. The van der Waals surface area contributed by atoms with Crippen LogP contribution in [0.15, 0.2) is 0 Å². The van der Waals surface area contributed by atoms with Gasteiger partial charge in [-0.05, 0) is 52.4 Å². The second-order valence-electron chi connectivity index (χ2n) is 8.97. The summed E-state index contributed by atoms with van der Waals surface area (Å²) in [6.45, 7) is 16.8. The van der Waals surface area contributed by atoms with E-state index in [4.69, 9.17) is 4.74 Å². The summed E-state index contributed by atoms with van der Waals surface area (Å²) in [6, 6.07) is 0. The number of hydrogen-bond acceptors (Lipinski definition) is 4. The number of aliphatic hydroxyl groups is 2. The van der Waals surface area contributed by atoms with Crippen molar-refractivity contribution in [2.75, 3.05) is 0 Å². The van der Waals surface area contributed by atoms with Crippen LogP contribution in [-0.2, 0) is 9.53 Å². The molecule has 0 heterocycles. The van der Waals surface area contributed by atoms with Crippen LogP contribution in [0, 0.1) is 16.7 Å². The molecule has 0 radical (unpaired) electrons. The number of ether oxygens (including phenoxy) is 1. The Kier molecular flexibility index (Phi) is 7.10. The summed E-state index contributed by atoms with van der Waals surface area (Å²) >= 11 is 0. The molecule has 22 heavy (non-hydrogen) atoms. The summed E-state index contributed by atoms with van der Waals surface area (Å²) < 4.78 is 5.50. The number of aliphatic hydroxyl groups excluding tert-OH is 1. The molecule has 0 aliphatic heterocycles. The molecule has 0 spiro atoms. The first kappa shape index (κ1) is 21.4. The number of carbonyl (C=O) groups is 1. The zero-order valence-corrected chi connectivity index (χ0v) is 15.9. The molecular weight excluding hydrogens is 280 g/mol. The quantitative estimate of drug-likeness (QED) is 0.672. The Labute approximate surface area is 136 Å². The zero-order chi connectivity index (χ0) is 17.9. The van der Waals surface area contributed by atoms with Gasteiger partial charge < -0.3 is 14.9 Å². The average molecular weight is 316 g/mol. The van der Waals surface area contributed by atoms with Crippen molar-refractivity contribution in [1.82, 2.24) is 0 Å². The van der Waals surface area contributed by atoms with Gasteiger partial charge >= 0.3 is 5.97 Å². The Morgan fingerprint density at radius 3 is 1.86 bits per heavy atom. The third-order valence-corrected chi connectivity index (χ3v) is 3.98. The predicted octanol–water partition coefficient (Wildman–Crippen LogP) is 3.54. The van der Waals surface area contributed by atoms with Crippen molar-refractivity contribution in [2.45, 2.75) is 93.0 Å². The van der Waals surface area contributed by atoms with Gasteiger partial charge in [0.25, 0.3) is 0 Å². The maximum Gasteiger partial charge on any atom is 0.311 e. The van der Waals surface area contributed by atoms with Crippen molar-refractivity contribution in [2.24, 2.45) is 16.7 Å². The second kappa shape index (κ2) is 7.31. The third-order valence-electron chi connectivity index (χ3n) is 3.98. The summed E-state index contributed by atoms with van der Waals surface area (Å²) in [6.07, 6.45) is 0.110. The van der Waals surface area contributed by atoms with E-state index in [1.165, 1.54) is 0 Å². The van der Waals surface area contributed by atoms with E-state index in [0.717, 1.165) is 0 Å². The normalized spacial score (nSPS) is 16.5. The highest BCUT2D eigenvalue weighted by atomic mass is 16.5. The molecule has 2 unspecified atom stereocenters. The number of hydrogen-bond donors (Lipinski definition) is 2. The fourth-order valence-electron chi connectivity index (χ4n) is 3.31. The smallest absolute Gasteiger partial charge is 0.311 e. The third kappa shape index (κ3) is 7.10. The van der Waals surface area contributed by atoms with Gasteiger partial charge in [0.05, 0.1) is 17.1 Å². The fraction of sp³-hybridized carbons (Fsp3) is 0.944. The van der Waals surface area contributed by atoms with Crippen molar-refractivity contribution in [3.63, 3.8) is 0 Å². The monoisotopic (exact) mass is 316 g/mol. The molecule has 0 aromatic rings. The average Bonchev–Trinajstić information content (AvgIpc) is 2.23. The lowest BCUT2D eigenvalue weighted by molar-refractivity contribution is -0.164. The van der Waals surface area contributed by atoms with Crippen LogP contribution < -0.4 is 0 Å². The van der Waals surface area contributed by atoms with E-state index in [1.807, 2.05) is 41.5 Å². The van der Waals surface area contributed by atoms with Crippen molar-refractivity contribution in [3.05, 3.63) is 0 Å². The van der Waals surface area contributed by atoms with Crippen molar-refractivity contribution < 1.29 is 19.7 Å². The Morgan fingerprint density at radius 2 is 1.50 bits per heavy atom. The van der Waals surface area contributed by atoms with E-state index >= 15 is 0 Å². The molecular formula is C18H36O4. The Balaban J connectivity index is 4.83. The van der Waals surface area contributed by atoms with E-state index in [9.17, 15) is 15.0 Å². The molecule has 0 aliphatic carbocycles. The van der Waals surface area contributed by atoms with Gasteiger partial charge in [-0.15, -0.1) is 0 Å². The largest absolute Gasteiger partial charge is 0.462 e. The van der Waals surface area contributed by atoms with Crippen molar-refractivity contribution in [1.29, 1.82) is 0 Å². The zero-order valence-electron chi connectivity index (χ0n) is 15.9. The van der Waals surface area contributed by atoms with Crippen LogP contribution >= 0.6 is 0 Å². The minimum absolute atomic E-state index is 0.135. The lowest BCUT2D eigenvalue weighted by Gasteiger charge is -2.39. The minimum Gasteiger partial charge on any atom is -0.462 e. The van der Waals surface area contributed by atoms with E-state index in [0.29, 0.717) is 12.8 Å². The molecule has 0 bridgehead atoms. The molecule has 0 saturated carbocycles. The van der Waals surface area contributed by atoms with Crippen LogP contribution in [-0.4, -0.2) is 34.0 Å². The lowest BCUT2D eigenvalue weighted by atomic mass is 9.69. The Bertz CT molecular complexity index is 364. The van der Waals surface area contributed by atoms with E-state index in [-0.39, 0.29) is 23.4 Å². The number of esters is 1. The van der Waals surface area contributed by atoms with Crippen LogP contribution in [0.5, 0.6) is 0 Å². The van der Waals surface area contributed by atoms with Crippen LogP contribution in [0.1, 0.15) is 75.2 Å². The first-order valence-corrected chi connectivity index (χ1v) is 8.20. The molecule has 0 aromatic heterocycles. The standard InChI is InChI=1S/C18H36O4/c1-12(2)14(19)16(4,5)11-17(6,7)15(20)22-13(3)10-18(8,9)21/h12-14,19,21H,10-11H2,1-9H3. The summed E-state index contributed by atoms with van der Waals surface area (Å²) in [5, 5.41) is 20.1.